The minimum Gasteiger partial charge on any atom is -0.503 e. The Balaban J connectivity index is 2.35. The highest BCUT2D eigenvalue weighted by molar-refractivity contribution is 9.10. The van der Waals surface area contributed by atoms with Gasteiger partial charge in [-0.15, -0.1) is 0 Å². The first kappa shape index (κ1) is 20.4. The lowest BCUT2D eigenvalue weighted by atomic mass is 9.95. The van der Waals surface area contributed by atoms with Gasteiger partial charge < -0.3 is 25.2 Å². The summed E-state index contributed by atoms with van der Waals surface area (Å²) in [6, 6.07) is 2.06. The molecule has 0 spiro atoms. The molecule has 1 aromatic carbocycles. The van der Waals surface area contributed by atoms with E-state index in [-0.39, 0.29) is 18.1 Å². The summed E-state index contributed by atoms with van der Waals surface area (Å²) >= 11 is 4.93. The maximum atomic E-state index is 12.6. The monoisotopic (exact) mass is 444 g/mol. The van der Waals surface area contributed by atoms with Gasteiger partial charge in [-0.05, 0) is 46.3 Å². The van der Waals surface area contributed by atoms with Gasteiger partial charge in [0.2, 0.25) is 0 Å². The molecule has 1 heterocycles. The van der Waals surface area contributed by atoms with Gasteiger partial charge in [0.1, 0.15) is 6.61 Å². The fourth-order valence-corrected chi connectivity index (χ4v) is 3.50. The molecule has 1 aliphatic heterocycles. The molecule has 1 aliphatic rings. The van der Waals surface area contributed by atoms with Crippen LogP contribution in [0.15, 0.2) is 27.9 Å². The van der Waals surface area contributed by atoms with Gasteiger partial charge in [0.25, 0.3) is 0 Å². The van der Waals surface area contributed by atoms with Crippen molar-refractivity contribution >= 4 is 39.7 Å². The third-order valence-electron chi connectivity index (χ3n) is 3.76. The minimum atomic E-state index is -0.721. The van der Waals surface area contributed by atoms with Crippen LogP contribution in [0.5, 0.6) is 11.5 Å². The predicted octanol–water partition coefficient (Wildman–Crippen LogP) is 3.09. The van der Waals surface area contributed by atoms with E-state index in [2.05, 4.69) is 26.6 Å². The van der Waals surface area contributed by atoms with Gasteiger partial charge in [0.15, 0.2) is 11.5 Å². The fraction of sp³-hybridized carbons (Fsp3) is 0.412. The molecule has 1 aromatic rings. The number of methoxy groups -OCH3 is 1. The smallest absolute Gasteiger partial charge is 0.338 e. The van der Waals surface area contributed by atoms with E-state index in [9.17, 15) is 14.7 Å². The van der Waals surface area contributed by atoms with Crippen molar-refractivity contribution in [2.75, 3.05) is 25.2 Å². The Kier molecular flexibility index (Phi) is 7.22. The number of ether oxygens (including phenoxy) is 2. The Morgan fingerprint density at radius 3 is 2.81 bits per heavy atom. The molecule has 26 heavy (non-hydrogen) atoms. The minimum absolute atomic E-state index is 0.0575. The van der Waals surface area contributed by atoms with Crippen molar-refractivity contribution in [3.05, 3.63) is 33.4 Å². The van der Waals surface area contributed by atoms with Crippen molar-refractivity contribution in [1.82, 2.24) is 10.6 Å². The zero-order valence-corrected chi connectivity index (χ0v) is 17.1. The van der Waals surface area contributed by atoms with Crippen molar-refractivity contribution in [2.45, 2.75) is 19.9 Å². The quantitative estimate of drug-likeness (QED) is 0.441. The van der Waals surface area contributed by atoms with E-state index >= 15 is 0 Å². The average molecular weight is 445 g/mol. The Morgan fingerprint density at radius 2 is 2.15 bits per heavy atom. The molecule has 2 amide bonds. The number of phenolic OH excluding ortho intramolecular Hbond substituents is 1. The van der Waals surface area contributed by atoms with Gasteiger partial charge in [0.05, 0.1) is 23.2 Å². The summed E-state index contributed by atoms with van der Waals surface area (Å²) in [4.78, 5) is 24.5. The van der Waals surface area contributed by atoms with Crippen LogP contribution in [0.3, 0.4) is 0 Å². The number of carbonyl (C=O) groups is 2. The third-order valence-corrected chi connectivity index (χ3v) is 5.23. The first-order chi connectivity index (χ1) is 12.4. The van der Waals surface area contributed by atoms with Crippen LogP contribution in [-0.2, 0) is 9.53 Å². The number of hydrogen-bond donors (Lipinski definition) is 3. The Hall–Kier alpha value is -1.87. The van der Waals surface area contributed by atoms with Crippen LogP contribution in [0.2, 0.25) is 0 Å². The zero-order chi connectivity index (χ0) is 19.3. The predicted molar refractivity (Wildman–Crippen MR) is 103 cm³/mol. The van der Waals surface area contributed by atoms with Crippen LogP contribution in [0.25, 0.3) is 0 Å². The van der Waals surface area contributed by atoms with Crippen molar-refractivity contribution in [1.29, 1.82) is 0 Å². The summed E-state index contributed by atoms with van der Waals surface area (Å²) in [5.74, 6) is 1.32. The molecule has 0 saturated carbocycles. The normalized spacial score (nSPS) is 16.8. The van der Waals surface area contributed by atoms with Crippen LogP contribution in [0.1, 0.15) is 25.5 Å². The number of thioether (sulfide) groups is 1. The number of halogens is 1. The van der Waals surface area contributed by atoms with Gasteiger partial charge in [0, 0.05) is 11.4 Å². The van der Waals surface area contributed by atoms with Crippen LogP contribution >= 0.6 is 27.7 Å². The van der Waals surface area contributed by atoms with E-state index in [4.69, 9.17) is 9.47 Å². The first-order valence-corrected chi connectivity index (χ1v) is 9.93. The second-order valence-corrected chi connectivity index (χ2v) is 7.70. The molecule has 0 aromatic heterocycles. The summed E-state index contributed by atoms with van der Waals surface area (Å²) in [6.07, 6.45) is 0. The number of esters is 1. The number of phenols is 1. The van der Waals surface area contributed by atoms with Crippen molar-refractivity contribution < 1.29 is 24.2 Å². The van der Waals surface area contributed by atoms with Gasteiger partial charge in [-0.3, -0.25) is 0 Å². The van der Waals surface area contributed by atoms with Gasteiger partial charge >= 0.3 is 12.0 Å². The standard InChI is InChI=1S/C17H21BrN2O5S/c1-4-26-6-5-25-16(22)13-9(2)19-17(23)20-14(13)10-7-11(18)15(21)12(8-10)24-3/h7-8,14,21H,4-6H2,1-3H3,(H2,19,20,23)/t14-/m0/s1. The molecule has 0 bridgehead atoms. The van der Waals surface area contributed by atoms with Crippen LogP contribution in [-0.4, -0.2) is 42.3 Å². The lowest BCUT2D eigenvalue weighted by Crippen LogP contribution is -2.45. The zero-order valence-electron chi connectivity index (χ0n) is 14.7. The number of aromatic hydroxyl groups is 1. The molecule has 9 heteroatoms. The van der Waals surface area contributed by atoms with Crippen molar-refractivity contribution in [3.63, 3.8) is 0 Å². The van der Waals surface area contributed by atoms with E-state index < -0.39 is 18.0 Å². The molecule has 0 fully saturated rings. The SMILES string of the molecule is CCSCCOC(=O)C1=C(C)NC(=O)N[C@H]1c1cc(Br)c(O)c(OC)c1. The molecular formula is C17H21BrN2O5S. The number of hydrogen-bond acceptors (Lipinski definition) is 6. The largest absolute Gasteiger partial charge is 0.503 e. The Labute approximate surface area is 164 Å². The summed E-state index contributed by atoms with van der Waals surface area (Å²) < 4.78 is 10.9. The number of carbonyl (C=O) groups excluding carboxylic acids is 2. The Morgan fingerprint density at radius 1 is 1.42 bits per heavy atom. The second-order valence-electron chi connectivity index (χ2n) is 5.46. The molecule has 0 saturated heterocycles. The van der Waals surface area contributed by atoms with Crippen molar-refractivity contribution in [3.8, 4) is 11.5 Å². The highest BCUT2D eigenvalue weighted by Crippen LogP contribution is 2.39. The molecule has 0 unspecified atom stereocenters. The maximum absolute atomic E-state index is 12.6. The summed E-state index contributed by atoms with van der Waals surface area (Å²) in [6.45, 7) is 3.97. The molecule has 142 valence electrons. The molecular weight excluding hydrogens is 424 g/mol. The van der Waals surface area contributed by atoms with E-state index in [1.807, 2.05) is 6.92 Å². The molecule has 7 nitrogen and oxygen atoms in total. The topological polar surface area (TPSA) is 96.9 Å². The van der Waals surface area contributed by atoms with E-state index in [1.165, 1.54) is 7.11 Å². The maximum Gasteiger partial charge on any atom is 0.338 e. The van der Waals surface area contributed by atoms with Crippen LogP contribution < -0.4 is 15.4 Å². The number of nitrogens with one attached hydrogen (secondary N) is 2. The van der Waals surface area contributed by atoms with Crippen molar-refractivity contribution in [2.24, 2.45) is 0 Å². The molecule has 1 atom stereocenters. The summed E-state index contributed by atoms with van der Waals surface area (Å²) in [7, 11) is 1.42. The van der Waals surface area contributed by atoms with Gasteiger partial charge in [-0.2, -0.15) is 11.8 Å². The molecule has 0 radical (unpaired) electrons. The van der Waals surface area contributed by atoms with E-state index in [0.29, 0.717) is 27.1 Å². The fourth-order valence-electron chi connectivity index (χ4n) is 2.55. The Bertz CT molecular complexity index is 738. The number of rotatable bonds is 7. The van der Waals surface area contributed by atoms with E-state index in [1.54, 1.807) is 30.8 Å². The van der Waals surface area contributed by atoms with E-state index in [0.717, 1.165) is 5.75 Å². The number of allylic oxidation sites excluding steroid dienone is 1. The molecule has 3 N–H and O–H groups in total. The molecule has 0 aliphatic carbocycles. The van der Waals surface area contributed by atoms with Crippen LogP contribution in [0, 0.1) is 0 Å². The molecule has 2 rings (SSSR count). The first-order valence-electron chi connectivity index (χ1n) is 7.98. The third kappa shape index (κ3) is 4.64. The number of benzene rings is 1. The second kappa shape index (κ2) is 9.18. The number of urea groups is 1. The highest BCUT2D eigenvalue weighted by atomic mass is 79.9. The average Bonchev–Trinajstić information content (AvgIpc) is 2.60. The highest BCUT2D eigenvalue weighted by Gasteiger charge is 2.33. The summed E-state index contributed by atoms with van der Waals surface area (Å²) in [5, 5.41) is 15.3. The lowest BCUT2D eigenvalue weighted by Gasteiger charge is -2.28. The van der Waals surface area contributed by atoms with Crippen LogP contribution in [0.4, 0.5) is 4.79 Å². The lowest BCUT2D eigenvalue weighted by molar-refractivity contribution is -0.138. The van der Waals surface area contributed by atoms with Gasteiger partial charge in [-0.1, -0.05) is 6.92 Å². The van der Waals surface area contributed by atoms with Gasteiger partial charge in [-0.25, -0.2) is 9.59 Å². The summed E-state index contributed by atoms with van der Waals surface area (Å²) in [5.41, 5.74) is 1.32. The number of amides is 2.